The van der Waals surface area contributed by atoms with Gasteiger partial charge in [0.15, 0.2) is 11.9 Å². The van der Waals surface area contributed by atoms with Crippen LogP contribution in [0.25, 0.3) is 11.8 Å². The molecule has 1 aromatic heterocycles. The monoisotopic (exact) mass is 517 g/mol. The first kappa shape index (κ1) is 23.6. The smallest absolute Gasteiger partial charge is 0.277 e. The average molecular weight is 518 g/mol. The Morgan fingerprint density at radius 1 is 0.949 bits per heavy atom. The number of piperidine rings is 1. The number of halogens is 1. The van der Waals surface area contributed by atoms with Gasteiger partial charge in [0.25, 0.3) is 5.91 Å². The molecule has 0 N–H and O–H groups in total. The number of rotatable bonds is 4. The van der Waals surface area contributed by atoms with Crippen LogP contribution in [-0.4, -0.2) is 32.8 Å². The summed E-state index contributed by atoms with van der Waals surface area (Å²) in [7, 11) is 0. The zero-order valence-electron chi connectivity index (χ0n) is 21.7. The van der Waals surface area contributed by atoms with Crippen LogP contribution >= 0.6 is 0 Å². The third-order valence-electron chi connectivity index (χ3n) is 7.90. The standard InChI is InChI=1S/C32H28FN5O/c1-21-19-36(20-34-21)29-16-9-23(27-14-15-28(27)29)18-24-8-5-17-37-31(24)35-32(39)30(22-6-3-2-4-7-22)38(37)26-12-10-25(33)11-13-26/h2-4,6-7,9-13,16,18-20,30H,5,8,14-15,17H2,1H3/b24-18+. The number of imidazole rings is 1. The lowest BCUT2D eigenvalue weighted by Crippen LogP contribution is -2.56. The molecule has 0 bridgehead atoms. The SMILES string of the molecule is Cc1cn(-c2ccc(/C=C3\CCCN4C3=NC(=O)C(c3ccccc3)N4c3ccc(F)cc3)c3c2CC3)cn1. The third kappa shape index (κ3) is 4.05. The fourth-order valence-corrected chi connectivity index (χ4v) is 5.95. The second kappa shape index (κ2) is 9.34. The lowest BCUT2D eigenvalue weighted by atomic mass is 9.82. The number of hydrogen-bond acceptors (Lipinski definition) is 4. The van der Waals surface area contributed by atoms with Gasteiger partial charge in [-0.1, -0.05) is 36.4 Å². The maximum atomic E-state index is 13.9. The van der Waals surface area contributed by atoms with Crippen molar-refractivity contribution in [3.8, 4) is 5.69 Å². The summed E-state index contributed by atoms with van der Waals surface area (Å²) >= 11 is 0. The van der Waals surface area contributed by atoms with Crippen molar-refractivity contribution in [2.24, 2.45) is 4.99 Å². The Hall–Kier alpha value is -4.52. The molecule has 194 valence electrons. The minimum absolute atomic E-state index is 0.219. The molecule has 3 aliphatic rings. The lowest BCUT2D eigenvalue weighted by Gasteiger charge is -2.47. The second-order valence-electron chi connectivity index (χ2n) is 10.4. The van der Waals surface area contributed by atoms with Crippen molar-refractivity contribution in [1.82, 2.24) is 14.6 Å². The number of benzene rings is 3. The summed E-state index contributed by atoms with van der Waals surface area (Å²) in [6.07, 6.45) is 9.98. The zero-order valence-corrected chi connectivity index (χ0v) is 21.7. The number of amidine groups is 1. The van der Waals surface area contributed by atoms with Gasteiger partial charge in [-0.15, -0.1) is 0 Å². The topological polar surface area (TPSA) is 53.7 Å². The maximum Gasteiger partial charge on any atom is 0.277 e. The molecule has 39 heavy (non-hydrogen) atoms. The number of aromatic nitrogens is 2. The number of hydrazine groups is 1. The van der Waals surface area contributed by atoms with E-state index >= 15 is 0 Å². The minimum atomic E-state index is -0.612. The molecule has 3 heterocycles. The molecule has 1 aliphatic carbocycles. The van der Waals surface area contributed by atoms with Gasteiger partial charge in [0.05, 0.1) is 17.7 Å². The average Bonchev–Trinajstić information content (AvgIpc) is 3.36. The van der Waals surface area contributed by atoms with Gasteiger partial charge >= 0.3 is 0 Å². The molecule has 1 amide bonds. The fraction of sp³-hybridized carbons (Fsp3) is 0.219. The highest BCUT2D eigenvalue weighted by molar-refractivity contribution is 6.12. The van der Waals surface area contributed by atoms with Crippen molar-refractivity contribution in [2.75, 3.05) is 11.6 Å². The minimum Gasteiger partial charge on any atom is -0.306 e. The summed E-state index contributed by atoms with van der Waals surface area (Å²) in [6.45, 7) is 2.72. The van der Waals surface area contributed by atoms with Crippen molar-refractivity contribution in [1.29, 1.82) is 0 Å². The molecular weight excluding hydrogens is 489 g/mol. The first-order valence-corrected chi connectivity index (χ1v) is 13.4. The Labute approximate surface area is 226 Å². The first-order valence-electron chi connectivity index (χ1n) is 13.4. The Morgan fingerprint density at radius 2 is 1.74 bits per heavy atom. The quantitative estimate of drug-likeness (QED) is 0.333. The number of aryl methyl sites for hydroxylation is 1. The van der Waals surface area contributed by atoms with Crippen molar-refractivity contribution in [2.45, 2.75) is 38.6 Å². The molecule has 1 unspecified atom stereocenters. The highest BCUT2D eigenvalue weighted by Crippen LogP contribution is 2.39. The molecule has 7 heteroatoms. The molecule has 2 aliphatic heterocycles. The van der Waals surface area contributed by atoms with Gasteiger partial charge in [-0.2, -0.15) is 4.99 Å². The Morgan fingerprint density at radius 3 is 2.46 bits per heavy atom. The maximum absolute atomic E-state index is 13.9. The van der Waals surface area contributed by atoms with E-state index in [0.717, 1.165) is 54.7 Å². The van der Waals surface area contributed by atoms with Gasteiger partial charge in [0, 0.05) is 18.4 Å². The predicted octanol–water partition coefficient (Wildman–Crippen LogP) is 6.00. The fourth-order valence-electron chi connectivity index (χ4n) is 5.95. The molecule has 3 aromatic carbocycles. The molecule has 4 aromatic rings. The number of amides is 1. The van der Waals surface area contributed by atoms with Crippen LogP contribution in [0.1, 0.15) is 46.8 Å². The second-order valence-corrected chi connectivity index (χ2v) is 10.4. The van der Waals surface area contributed by atoms with E-state index < -0.39 is 6.04 Å². The Bertz CT molecular complexity index is 1640. The Kier molecular flexibility index (Phi) is 5.65. The molecule has 1 fully saturated rings. The van der Waals surface area contributed by atoms with Gasteiger partial charge in [0.2, 0.25) is 0 Å². The van der Waals surface area contributed by atoms with Crippen molar-refractivity contribution in [3.63, 3.8) is 0 Å². The first-order chi connectivity index (χ1) is 19.1. The van der Waals surface area contributed by atoms with Gasteiger partial charge in [-0.05, 0) is 96.8 Å². The number of carbonyl (C=O) groups excluding carboxylic acids is 1. The number of anilines is 1. The molecule has 0 radical (unpaired) electrons. The molecule has 0 spiro atoms. The van der Waals surface area contributed by atoms with E-state index in [9.17, 15) is 9.18 Å². The van der Waals surface area contributed by atoms with Crippen LogP contribution in [0.3, 0.4) is 0 Å². The molecular formula is C32H28FN5O. The summed E-state index contributed by atoms with van der Waals surface area (Å²) in [6, 6.07) is 19.8. The van der Waals surface area contributed by atoms with E-state index in [4.69, 9.17) is 0 Å². The number of nitrogens with zero attached hydrogens (tertiary/aromatic N) is 5. The summed E-state index contributed by atoms with van der Waals surface area (Å²) < 4.78 is 16.0. The molecule has 1 atom stereocenters. The van der Waals surface area contributed by atoms with Crippen molar-refractivity contribution >= 4 is 23.5 Å². The molecule has 7 rings (SSSR count). The third-order valence-corrected chi connectivity index (χ3v) is 7.90. The van der Waals surface area contributed by atoms with Gasteiger partial charge in [0.1, 0.15) is 5.82 Å². The lowest BCUT2D eigenvalue weighted by molar-refractivity contribution is -0.120. The van der Waals surface area contributed by atoms with Crippen LogP contribution in [0.4, 0.5) is 10.1 Å². The van der Waals surface area contributed by atoms with Crippen LogP contribution in [0.2, 0.25) is 0 Å². The van der Waals surface area contributed by atoms with Crippen LogP contribution in [-0.2, 0) is 17.6 Å². The van der Waals surface area contributed by atoms with Gasteiger partial charge in [-0.3, -0.25) is 14.8 Å². The summed E-state index contributed by atoms with van der Waals surface area (Å²) in [5.41, 5.74) is 8.74. The van der Waals surface area contributed by atoms with E-state index in [1.165, 1.54) is 34.5 Å². The molecule has 6 nitrogen and oxygen atoms in total. The largest absolute Gasteiger partial charge is 0.306 e. The number of hydrogen-bond donors (Lipinski definition) is 0. The number of carbonyl (C=O) groups is 1. The van der Waals surface area contributed by atoms with Crippen LogP contribution in [0.5, 0.6) is 0 Å². The predicted molar refractivity (Wildman–Crippen MR) is 150 cm³/mol. The highest BCUT2D eigenvalue weighted by atomic mass is 19.1. The summed E-state index contributed by atoms with van der Waals surface area (Å²) in [5, 5.41) is 4.10. The van der Waals surface area contributed by atoms with Gasteiger partial charge < -0.3 is 4.57 Å². The Balaban J connectivity index is 1.31. The van der Waals surface area contributed by atoms with Crippen LogP contribution < -0.4 is 5.01 Å². The molecule has 1 saturated heterocycles. The van der Waals surface area contributed by atoms with Crippen LogP contribution in [0, 0.1) is 12.7 Å². The van der Waals surface area contributed by atoms with E-state index in [1.807, 2.05) is 48.6 Å². The highest BCUT2D eigenvalue weighted by Gasteiger charge is 2.40. The van der Waals surface area contributed by atoms with Crippen molar-refractivity contribution < 1.29 is 9.18 Å². The van der Waals surface area contributed by atoms with Gasteiger partial charge in [-0.25, -0.2) is 9.37 Å². The summed E-state index contributed by atoms with van der Waals surface area (Å²) in [5.74, 6) is 0.159. The van der Waals surface area contributed by atoms with E-state index in [0.29, 0.717) is 5.84 Å². The van der Waals surface area contributed by atoms with Crippen molar-refractivity contribution in [3.05, 3.63) is 119 Å². The number of fused-ring (bicyclic) bond motifs is 2. The zero-order chi connectivity index (χ0) is 26.5. The van der Waals surface area contributed by atoms with E-state index in [1.54, 1.807) is 12.1 Å². The number of aliphatic imine (C=N–C) groups is 1. The van der Waals surface area contributed by atoms with E-state index in [-0.39, 0.29) is 11.7 Å². The summed E-state index contributed by atoms with van der Waals surface area (Å²) in [4.78, 5) is 22.7. The molecule has 0 saturated carbocycles. The van der Waals surface area contributed by atoms with Crippen LogP contribution in [0.15, 0.2) is 89.8 Å². The van der Waals surface area contributed by atoms with E-state index in [2.05, 4.69) is 44.0 Å². The normalized spacial score (nSPS) is 19.4.